The highest BCUT2D eigenvalue weighted by molar-refractivity contribution is 7.99. The first-order valence-corrected chi connectivity index (χ1v) is 6.56. The van der Waals surface area contributed by atoms with E-state index in [2.05, 4.69) is 0 Å². The number of nitrogen functional groups attached to an aromatic ring is 1. The van der Waals surface area contributed by atoms with Crippen LogP contribution in [0.1, 0.15) is 11.7 Å². The minimum absolute atomic E-state index is 0.347. The molecule has 2 nitrogen and oxygen atoms in total. The number of aliphatic hydroxyl groups is 1. The molecule has 0 amide bonds. The van der Waals surface area contributed by atoms with E-state index < -0.39 is 6.10 Å². The summed E-state index contributed by atoms with van der Waals surface area (Å²) in [7, 11) is 0. The van der Waals surface area contributed by atoms with Crippen molar-refractivity contribution in [2.45, 2.75) is 11.0 Å². The molecule has 2 aromatic carbocycles. The molecule has 0 spiro atoms. The van der Waals surface area contributed by atoms with E-state index in [0.717, 1.165) is 10.5 Å². The number of hydrogen-bond acceptors (Lipinski definition) is 3. The maximum Gasteiger partial charge on any atom is 0.125 e. The van der Waals surface area contributed by atoms with Crippen LogP contribution >= 0.6 is 11.8 Å². The van der Waals surface area contributed by atoms with E-state index in [4.69, 9.17) is 5.73 Å². The summed E-state index contributed by atoms with van der Waals surface area (Å²) in [6, 6.07) is 13.7. The quantitative estimate of drug-likeness (QED) is 0.657. The molecule has 0 heterocycles. The second-order valence-corrected chi connectivity index (χ2v) is 4.98. The van der Waals surface area contributed by atoms with Gasteiger partial charge in [0.25, 0.3) is 0 Å². The molecular weight excluding hydrogens is 249 g/mol. The summed E-state index contributed by atoms with van der Waals surface area (Å²) < 4.78 is 12.9. The van der Waals surface area contributed by atoms with Crippen molar-refractivity contribution < 1.29 is 9.50 Å². The number of halogens is 1. The Bertz CT molecular complexity index is 518. The smallest absolute Gasteiger partial charge is 0.125 e. The topological polar surface area (TPSA) is 46.2 Å². The fourth-order valence-corrected chi connectivity index (χ4v) is 2.51. The van der Waals surface area contributed by atoms with Crippen LogP contribution in [0.25, 0.3) is 0 Å². The highest BCUT2D eigenvalue weighted by Gasteiger charge is 2.09. The van der Waals surface area contributed by atoms with Crippen LogP contribution in [0.5, 0.6) is 0 Å². The van der Waals surface area contributed by atoms with Crippen LogP contribution in [-0.2, 0) is 0 Å². The molecule has 0 radical (unpaired) electrons. The lowest BCUT2D eigenvalue weighted by molar-refractivity contribution is 0.204. The molecule has 0 aromatic heterocycles. The second kappa shape index (κ2) is 5.89. The van der Waals surface area contributed by atoms with Gasteiger partial charge in [-0.25, -0.2) is 4.39 Å². The zero-order valence-electron chi connectivity index (χ0n) is 9.71. The number of rotatable bonds is 4. The van der Waals surface area contributed by atoms with Gasteiger partial charge in [0.15, 0.2) is 0 Å². The molecule has 2 rings (SSSR count). The van der Waals surface area contributed by atoms with Gasteiger partial charge in [-0.05, 0) is 23.8 Å². The standard InChI is InChI=1S/C14H14FNOS/c15-11-6-7-14(12(16)8-11)18-9-13(17)10-4-2-1-3-5-10/h1-8,13,17H,9,16H2. The SMILES string of the molecule is Nc1cc(F)ccc1SCC(O)c1ccccc1. The van der Waals surface area contributed by atoms with Crippen molar-refractivity contribution in [3.05, 3.63) is 59.9 Å². The van der Waals surface area contributed by atoms with Crippen LogP contribution in [0.3, 0.4) is 0 Å². The van der Waals surface area contributed by atoms with Gasteiger partial charge in [-0.3, -0.25) is 0 Å². The first kappa shape index (κ1) is 12.9. The molecule has 0 aliphatic carbocycles. The van der Waals surface area contributed by atoms with E-state index in [1.165, 1.54) is 23.9 Å². The molecule has 18 heavy (non-hydrogen) atoms. The first-order chi connectivity index (χ1) is 8.66. The predicted molar refractivity (Wildman–Crippen MR) is 72.9 cm³/mol. The van der Waals surface area contributed by atoms with Gasteiger partial charge in [0, 0.05) is 16.3 Å². The fraction of sp³-hybridized carbons (Fsp3) is 0.143. The van der Waals surface area contributed by atoms with Crippen molar-refractivity contribution >= 4 is 17.4 Å². The number of thioether (sulfide) groups is 1. The Labute approximate surface area is 110 Å². The minimum Gasteiger partial charge on any atom is -0.398 e. The highest BCUT2D eigenvalue weighted by atomic mass is 32.2. The van der Waals surface area contributed by atoms with Gasteiger partial charge in [0.05, 0.1) is 6.10 Å². The van der Waals surface area contributed by atoms with Crippen molar-refractivity contribution in [1.82, 2.24) is 0 Å². The molecule has 4 heteroatoms. The van der Waals surface area contributed by atoms with E-state index >= 15 is 0 Å². The Morgan fingerprint density at radius 2 is 1.89 bits per heavy atom. The van der Waals surface area contributed by atoms with E-state index in [9.17, 15) is 9.50 Å². The van der Waals surface area contributed by atoms with Crippen molar-refractivity contribution in [2.75, 3.05) is 11.5 Å². The Morgan fingerprint density at radius 3 is 2.56 bits per heavy atom. The van der Waals surface area contributed by atoms with Crippen LogP contribution in [-0.4, -0.2) is 10.9 Å². The first-order valence-electron chi connectivity index (χ1n) is 5.57. The maximum atomic E-state index is 12.9. The average Bonchev–Trinajstić information content (AvgIpc) is 2.38. The molecule has 94 valence electrons. The Hall–Kier alpha value is -1.52. The number of anilines is 1. The normalized spacial score (nSPS) is 12.3. The zero-order valence-corrected chi connectivity index (χ0v) is 10.5. The van der Waals surface area contributed by atoms with Crippen LogP contribution < -0.4 is 5.73 Å². The maximum absolute atomic E-state index is 12.9. The molecule has 0 fully saturated rings. The Balaban J connectivity index is 1.99. The van der Waals surface area contributed by atoms with Gasteiger partial charge in [-0.2, -0.15) is 0 Å². The average molecular weight is 263 g/mol. The van der Waals surface area contributed by atoms with E-state index in [-0.39, 0.29) is 5.82 Å². The van der Waals surface area contributed by atoms with Gasteiger partial charge in [0.1, 0.15) is 5.82 Å². The molecule has 1 unspecified atom stereocenters. The van der Waals surface area contributed by atoms with E-state index in [1.54, 1.807) is 6.07 Å². The molecule has 2 aromatic rings. The minimum atomic E-state index is -0.555. The summed E-state index contributed by atoms with van der Waals surface area (Å²) in [4.78, 5) is 0.784. The summed E-state index contributed by atoms with van der Waals surface area (Å²) in [5.74, 6) is 0.139. The zero-order chi connectivity index (χ0) is 13.0. The fourth-order valence-electron chi connectivity index (χ4n) is 1.59. The summed E-state index contributed by atoms with van der Waals surface area (Å²) in [5.41, 5.74) is 6.97. The molecule has 0 bridgehead atoms. The summed E-state index contributed by atoms with van der Waals surface area (Å²) in [6.45, 7) is 0. The third kappa shape index (κ3) is 3.24. The van der Waals surface area contributed by atoms with Crippen molar-refractivity contribution in [1.29, 1.82) is 0 Å². The van der Waals surface area contributed by atoms with Crippen molar-refractivity contribution in [3.63, 3.8) is 0 Å². The lowest BCUT2D eigenvalue weighted by atomic mass is 10.1. The number of benzene rings is 2. The lowest BCUT2D eigenvalue weighted by Crippen LogP contribution is -2.00. The summed E-state index contributed by atoms with van der Waals surface area (Å²) in [5, 5.41) is 9.99. The van der Waals surface area contributed by atoms with Crippen LogP contribution in [0.15, 0.2) is 53.4 Å². The van der Waals surface area contributed by atoms with Gasteiger partial charge < -0.3 is 10.8 Å². The summed E-state index contributed by atoms with van der Waals surface area (Å²) in [6.07, 6.45) is -0.555. The van der Waals surface area contributed by atoms with Gasteiger partial charge >= 0.3 is 0 Å². The molecule has 0 aliphatic rings. The second-order valence-electron chi connectivity index (χ2n) is 3.92. The lowest BCUT2D eigenvalue weighted by Gasteiger charge is -2.11. The molecule has 3 N–H and O–H groups in total. The largest absolute Gasteiger partial charge is 0.398 e. The van der Waals surface area contributed by atoms with E-state index in [0.29, 0.717) is 11.4 Å². The monoisotopic (exact) mass is 263 g/mol. The van der Waals surface area contributed by atoms with Crippen molar-refractivity contribution in [3.8, 4) is 0 Å². The third-order valence-corrected chi connectivity index (χ3v) is 3.72. The van der Waals surface area contributed by atoms with E-state index in [1.807, 2.05) is 30.3 Å². The Kier molecular flexibility index (Phi) is 4.23. The highest BCUT2D eigenvalue weighted by Crippen LogP contribution is 2.29. The predicted octanol–water partition coefficient (Wildman–Crippen LogP) is 3.23. The van der Waals surface area contributed by atoms with Crippen LogP contribution in [0.4, 0.5) is 10.1 Å². The number of nitrogens with two attached hydrogens (primary N) is 1. The number of hydrogen-bond donors (Lipinski definition) is 2. The van der Waals surface area contributed by atoms with Gasteiger partial charge in [0.2, 0.25) is 0 Å². The number of aliphatic hydroxyl groups excluding tert-OH is 1. The van der Waals surface area contributed by atoms with Crippen LogP contribution in [0.2, 0.25) is 0 Å². The van der Waals surface area contributed by atoms with Crippen molar-refractivity contribution in [2.24, 2.45) is 0 Å². The van der Waals surface area contributed by atoms with Crippen LogP contribution in [0, 0.1) is 5.82 Å². The molecule has 0 saturated carbocycles. The molecule has 0 saturated heterocycles. The van der Waals surface area contributed by atoms with Gasteiger partial charge in [-0.1, -0.05) is 30.3 Å². The summed E-state index contributed by atoms with van der Waals surface area (Å²) >= 11 is 1.42. The molecular formula is C14H14FNOS. The van der Waals surface area contributed by atoms with Gasteiger partial charge in [-0.15, -0.1) is 11.8 Å². The Morgan fingerprint density at radius 1 is 1.17 bits per heavy atom. The third-order valence-electron chi connectivity index (χ3n) is 2.55. The molecule has 0 aliphatic heterocycles. The molecule has 1 atom stereocenters.